The molecule has 0 fully saturated rings. The number of benzene rings is 1. The van der Waals surface area contributed by atoms with Crippen LogP contribution in [0.5, 0.6) is 0 Å². The Morgan fingerprint density at radius 1 is 1.40 bits per heavy atom. The highest BCUT2D eigenvalue weighted by atomic mass is 32.2. The van der Waals surface area contributed by atoms with E-state index in [1.54, 1.807) is 12.1 Å². The van der Waals surface area contributed by atoms with Crippen molar-refractivity contribution >= 4 is 15.7 Å². The first-order valence-corrected chi connectivity index (χ1v) is 5.95. The molecule has 1 rings (SSSR count). The van der Waals surface area contributed by atoms with Crippen LogP contribution in [0.15, 0.2) is 29.2 Å². The van der Waals surface area contributed by atoms with Gasteiger partial charge in [0.15, 0.2) is 0 Å². The molecular formula is C9H13FN2O2S. The molecule has 0 bridgehead atoms. The van der Waals surface area contributed by atoms with E-state index in [1.807, 2.05) is 0 Å². The van der Waals surface area contributed by atoms with Crippen molar-refractivity contribution in [2.75, 3.05) is 11.9 Å². The number of alkyl halides is 1. The zero-order valence-electron chi connectivity index (χ0n) is 8.27. The maximum atomic E-state index is 12.5. The summed E-state index contributed by atoms with van der Waals surface area (Å²) in [5, 5.41) is 7.73. The predicted molar refractivity (Wildman–Crippen MR) is 56.9 cm³/mol. The van der Waals surface area contributed by atoms with Crippen molar-refractivity contribution in [2.45, 2.75) is 18.0 Å². The number of anilines is 1. The molecule has 0 radical (unpaired) electrons. The van der Waals surface area contributed by atoms with Crippen LogP contribution in [0, 0.1) is 0 Å². The maximum absolute atomic E-state index is 12.5. The lowest BCUT2D eigenvalue weighted by Gasteiger charge is -2.07. The van der Waals surface area contributed by atoms with Gasteiger partial charge in [-0.15, -0.1) is 0 Å². The Morgan fingerprint density at radius 3 is 2.33 bits per heavy atom. The Labute approximate surface area is 88.3 Å². The molecule has 0 aliphatic carbocycles. The second kappa shape index (κ2) is 4.59. The zero-order chi connectivity index (χ0) is 11.5. The molecule has 0 aliphatic rings. The minimum Gasteiger partial charge on any atom is -0.382 e. The van der Waals surface area contributed by atoms with Crippen molar-refractivity contribution in [3.8, 4) is 0 Å². The van der Waals surface area contributed by atoms with E-state index in [4.69, 9.17) is 5.14 Å². The number of nitrogens with one attached hydrogen (secondary N) is 1. The number of rotatable bonds is 4. The summed E-state index contributed by atoms with van der Waals surface area (Å²) in [6.45, 7) is 1.63. The third-order valence-electron chi connectivity index (χ3n) is 1.77. The van der Waals surface area contributed by atoms with Crippen LogP contribution >= 0.6 is 0 Å². The van der Waals surface area contributed by atoms with Gasteiger partial charge in [0.05, 0.1) is 4.90 Å². The van der Waals surface area contributed by atoms with E-state index in [2.05, 4.69) is 5.32 Å². The summed E-state index contributed by atoms with van der Waals surface area (Å²) in [6.07, 6.45) is -0.956. The van der Waals surface area contributed by atoms with Crippen LogP contribution in [0.25, 0.3) is 0 Å². The lowest BCUT2D eigenvalue weighted by Crippen LogP contribution is -2.13. The molecule has 0 spiro atoms. The Morgan fingerprint density at radius 2 is 1.93 bits per heavy atom. The quantitative estimate of drug-likeness (QED) is 0.816. The largest absolute Gasteiger partial charge is 0.382 e. The summed E-state index contributed by atoms with van der Waals surface area (Å²) < 4.78 is 34.3. The van der Waals surface area contributed by atoms with Crippen LogP contribution < -0.4 is 10.5 Å². The number of halogens is 1. The molecule has 6 heteroatoms. The molecule has 0 saturated heterocycles. The third kappa shape index (κ3) is 3.85. The minimum atomic E-state index is -3.65. The minimum absolute atomic E-state index is 0.0429. The molecule has 3 N–H and O–H groups in total. The van der Waals surface area contributed by atoms with Crippen molar-refractivity contribution in [3.05, 3.63) is 24.3 Å². The van der Waals surface area contributed by atoms with Crippen molar-refractivity contribution in [1.82, 2.24) is 0 Å². The van der Waals surface area contributed by atoms with Crippen LogP contribution in [-0.2, 0) is 10.0 Å². The van der Waals surface area contributed by atoms with Gasteiger partial charge in [-0.3, -0.25) is 0 Å². The highest BCUT2D eigenvalue weighted by Gasteiger charge is 2.06. The molecule has 0 heterocycles. The van der Waals surface area contributed by atoms with Gasteiger partial charge in [-0.1, -0.05) is 0 Å². The highest BCUT2D eigenvalue weighted by Crippen LogP contribution is 2.12. The standard InChI is InChI=1S/C9H13FN2O2S/c1-7(10)6-12-8-2-4-9(5-3-8)15(11,13)14/h2-5,7,12H,6H2,1H3,(H2,11,13,14). The summed E-state index contributed by atoms with van der Waals surface area (Å²) in [4.78, 5) is 0.0429. The fourth-order valence-electron chi connectivity index (χ4n) is 1.02. The van der Waals surface area contributed by atoms with E-state index in [-0.39, 0.29) is 11.4 Å². The van der Waals surface area contributed by atoms with Crippen molar-refractivity contribution in [3.63, 3.8) is 0 Å². The summed E-state index contributed by atoms with van der Waals surface area (Å²) in [5.41, 5.74) is 0.659. The Balaban J connectivity index is 2.73. The van der Waals surface area contributed by atoms with E-state index >= 15 is 0 Å². The first-order valence-electron chi connectivity index (χ1n) is 4.40. The smallest absolute Gasteiger partial charge is 0.238 e. The molecule has 0 amide bonds. The highest BCUT2D eigenvalue weighted by molar-refractivity contribution is 7.89. The third-order valence-corrected chi connectivity index (χ3v) is 2.70. The van der Waals surface area contributed by atoms with Gasteiger partial charge in [0.1, 0.15) is 6.17 Å². The molecule has 15 heavy (non-hydrogen) atoms. The van der Waals surface area contributed by atoms with Crippen LogP contribution in [0.3, 0.4) is 0 Å². The molecule has 1 aromatic rings. The van der Waals surface area contributed by atoms with Gasteiger partial charge in [0, 0.05) is 12.2 Å². The van der Waals surface area contributed by atoms with Crippen molar-refractivity contribution in [1.29, 1.82) is 0 Å². The second-order valence-electron chi connectivity index (χ2n) is 3.23. The van der Waals surface area contributed by atoms with Crippen molar-refractivity contribution in [2.24, 2.45) is 5.14 Å². The Bertz CT molecular complexity index is 414. The fraction of sp³-hybridized carbons (Fsp3) is 0.333. The van der Waals surface area contributed by atoms with Crippen LogP contribution in [0.2, 0.25) is 0 Å². The van der Waals surface area contributed by atoms with Gasteiger partial charge >= 0.3 is 0 Å². The SMILES string of the molecule is CC(F)CNc1ccc(S(N)(=O)=O)cc1. The maximum Gasteiger partial charge on any atom is 0.238 e. The molecule has 1 aromatic carbocycles. The monoisotopic (exact) mass is 232 g/mol. The van der Waals surface area contributed by atoms with Gasteiger partial charge in [0.25, 0.3) is 0 Å². The van der Waals surface area contributed by atoms with E-state index < -0.39 is 16.2 Å². The normalized spacial score (nSPS) is 13.5. The molecule has 1 unspecified atom stereocenters. The first-order chi connectivity index (χ1) is 6.89. The van der Waals surface area contributed by atoms with E-state index in [1.165, 1.54) is 19.1 Å². The number of sulfonamides is 1. The van der Waals surface area contributed by atoms with E-state index in [0.717, 1.165) is 0 Å². The zero-order valence-corrected chi connectivity index (χ0v) is 9.09. The first kappa shape index (κ1) is 11.9. The summed E-state index contributed by atoms with van der Waals surface area (Å²) in [5.74, 6) is 0. The molecule has 0 aromatic heterocycles. The van der Waals surface area contributed by atoms with Crippen LogP contribution in [-0.4, -0.2) is 21.1 Å². The summed E-state index contributed by atoms with van der Waals surface area (Å²) in [6, 6.07) is 5.84. The molecule has 4 nitrogen and oxygen atoms in total. The average Bonchev–Trinajstić information content (AvgIpc) is 2.14. The van der Waals surface area contributed by atoms with Gasteiger partial charge in [0.2, 0.25) is 10.0 Å². The van der Waals surface area contributed by atoms with Crippen molar-refractivity contribution < 1.29 is 12.8 Å². The van der Waals surface area contributed by atoms with Crippen LogP contribution in [0.4, 0.5) is 10.1 Å². The lowest BCUT2D eigenvalue weighted by molar-refractivity contribution is 0.378. The number of hydrogen-bond acceptors (Lipinski definition) is 3. The average molecular weight is 232 g/mol. The van der Waals surface area contributed by atoms with E-state index in [9.17, 15) is 12.8 Å². The topological polar surface area (TPSA) is 72.2 Å². The number of nitrogens with two attached hydrogens (primary N) is 1. The van der Waals surface area contributed by atoms with Gasteiger partial charge in [-0.25, -0.2) is 17.9 Å². The second-order valence-corrected chi connectivity index (χ2v) is 4.79. The van der Waals surface area contributed by atoms with Crippen LogP contribution in [0.1, 0.15) is 6.92 Å². The van der Waals surface area contributed by atoms with Gasteiger partial charge in [-0.2, -0.15) is 0 Å². The lowest BCUT2D eigenvalue weighted by atomic mass is 10.3. The fourth-order valence-corrected chi connectivity index (χ4v) is 1.54. The Hall–Kier alpha value is -1.14. The Kier molecular flexibility index (Phi) is 3.65. The molecule has 1 atom stereocenters. The number of hydrogen-bond donors (Lipinski definition) is 2. The molecular weight excluding hydrogens is 219 g/mol. The summed E-state index contributed by atoms with van der Waals surface area (Å²) >= 11 is 0. The predicted octanol–water partition coefficient (Wildman–Crippen LogP) is 1.10. The molecule has 0 saturated carbocycles. The molecule has 0 aliphatic heterocycles. The summed E-state index contributed by atoms with van der Waals surface area (Å²) in [7, 11) is -3.65. The van der Waals surface area contributed by atoms with Gasteiger partial charge in [-0.05, 0) is 31.2 Å². The number of primary sulfonamides is 1. The van der Waals surface area contributed by atoms with E-state index in [0.29, 0.717) is 5.69 Å². The van der Waals surface area contributed by atoms with Gasteiger partial charge < -0.3 is 5.32 Å². The molecule has 84 valence electrons.